The van der Waals surface area contributed by atoms with Gasteiger partial charge in [-0.05, 0) is 69.8 Å². The van der Waals surface area contributed by atoms with Gasteiger partial charge in [0.1, 0.15) is 0 Å². The summed E-state index contributed by atoms with van der Waals surface area (Å²) in [6, 6.07) is 8.71. The van der Waals surface area contributed by atoms with Crippen molar-refractivity contribution in [2.45, 2.75) is 91.9 Å². The smallest absolute Gasteiger partial charge is 0 e. The van der Waals surface area contributed by atoms with Crippen LogP contribution in [0.25, 0.3) is 0 Å². The Kier molecular flexibility index (Phi) is 45.4. The first-order valence-corrected chi connectivity index (χ1v) is 14.5. The molecule has 34 heavy (non-hydrogen) atoms. The predicted octanol–water partition coefficient (Wildman–Crippen LogP) is 11.3. The molecule has 0 radical (unpaired) electrons. The number of hydrogen-bond acceptors (Lipinski definition) is 0. The van der Waals surface area contributed by atoms with E-state index in [0.717, 1.165) is 12.8 Å². The van der Waals surface area contributed by atoms with Gasteiger partial charge < -0.3 is 27.7 Å². The van der Waals surface area contributed by atoms with Gasteiger partial charge in [0.25, 0.3) is 0 Å². The molecule has 0 bridgehead atoms. The van der Waals surface area contributed by atoms with Crippen molar-refractivity contribution < 1.29 is 18.5 Å². The molecule has 0 unspecified atom stereocenters. The quantitative estimate of drug-likeness (QED) is 0.104. The third-order valence-electron chi connectivity index (χ3n) is 4.18. The van der Waals surface area contributed by atoms with Crippen molar-refractivity contribution in [3.8, 4) is 6.42 Å². The summed E-state index contributed by atoms with van der Waals surface area (Å²) < 4.78 is 2.98. The van der Waals surface area contributed by atoms with Crippen molar-refractivity contribution in [1.82, 2.24) is 0 Å². The molecule has 1 aromatic carbocycles. The summed E-state index contributed by atoms with van der Waals surface area (Å²) in [4.78, 5) is 0. The zero-order chi connectivity index (χ0) is 25.0. The fraction of sp³-hybridized carbons (Fsp3) is 0.438. The number of halogens is 1. The van der Waals surface area contributed by atoms with Gasteiger partial charge in [0, 0.05) is 2.85 Å². The van der Waals surface area contributed by atoms with Gasteiger partial charge in [0.15, 0.2) is 0 Å². The van der Waals surface area contributed by atoms with E-state index in [2.05, 4.69) is 81.0 Å². The molecule has 201 valence electrons. The van der Waals surface area contributed by atoms with E-state index in [4.69, 9.17) is 16.1 Å². The van der Waals surface area contributed by atoms with Gasteiger partial charge in [0.05, 0.1) is 0 Å². The first kappa shape index (κ1) is 42.7. The van der Waals surface area contributed by atoms with Crippen LogP contribution < -0.4 is 0 Å². The van der Waals surface area contributed by atoms with Crippen molar-refractivity contribution in [3.05, 3.63) is 99.7 Å². The van der Waals surface area contributed by atoms with E-state index in [9.17, 15) is 0 Å². The molecule has 0 aliphatic heterocycles. The molecule has 0 fully saturated rings. The minimum atomic E-state index is -0.109. The van der Waals surface area contributed by atoms with E-state index in [0.29, 0.717) is 5.92 Å². The summed E-state index contributed by atoms with van der Waals surface area (Å²) in [7, 11) is 5.35. The van der Waals surface area contributed by atoms with Crippen LogP contribution in [0.3, 0.4) is 0 Å². The van der Waals surface area contributed by atoms with Crippen LogP contribution in [0, 0.1) is 34.6 Å². The molecule has 0 N–H and O–H groups in total. The van der Waals surface area contributed by atoms with Crippen LogP contribution in [0.2, 0.25) is 0 Å². The van der Waals surface area contributed by atoms with Crippen molar-refractivity contribution in [2.24, 2.45) is 0 Å². The Morgan fingerprint density at radius 3 is 1.65 bits per heavy atom. The Bertz CT molecular complexity index is 645. The third kappa shape index (κ3) is 37.9. The Morgan fingerprint density at radius 1 is 1.03 bits per heavy atom. The van der Waals surface area contributed by atoms with Gasteiger partial charge in [-0.15, -0.1) is 13.2 Å². The van der Waals surface area contributed by atoms with Gasteiger partial charge in [-0.1, -0.05) is 68.0 Å². The van der Waals surface area contributed by atoms with Crippen LogP contribution >= 0.6 is 9.69 Å². The molecule has 0 spiro atoms. The summed E-state index contributed by atoms with van der Waals surface area (Å²) in [6.07, 6.45) is 27.7. The molecule has 0 nitrogen and oxygen atoms in total. The van der Waals surface area contributed by atoms with Crippen LogP contribution in [-0.2, 0) is 15.7 Å². The fourth-order valence-electron chi connectivity index (χ4n) is 2.36. The van der Waals surface area contributed by atoms with Crippen LogP contribution in [0.4, 0.5) is 0 Å². The van der Waals surface area contributed by atoms with Crippen LogP contribution in [-0.4, -0.2) is 4.26 Å². The molecule has 0 amide bonds. The van der Waals surface area contributed by atoms with Crippen molar-refractivity contribution in [2.75, 3.05) is 0 Å². The van der Waals surface area contributed by atoms with E-state index in [-0.39, 0.29) is 33.4 Å². The SMILES string of the molecule is C1=CCCCC1.C=CCCCCC=C.CC(C)=[C]=[Ru][Cl].Cc1ccc(C(C)C)cc1.[C-]#C.[CH3-].[CH3-].[HH].[HH]. The van der Waals surface area contributed by atoms with Gasteiger partial charge in [-0.3, -0.25) is 0 Å². The minimum Gasteiger partial charge on any atom is -0.697 e. The van der Waals surface area contributed by atoms with Gasteiger partial charge >= 0.3 is 49.1 Å². The monoisotopic (exact) mass is 576 g/mol. The zero-order valence-corrected chi connectivity index (χ0v) is 25.6. The van der Waals surface area contributed by atoms with E-state index in [1.807, 2.05) is 26.0 Å². The van der Waals surface area contributed by atoms with Gasteiger partial charge in [-0.2, -0.15) is 0 Å². The maximum atomic E-state index is 5.35. The molecule has 2 heteroatoms. The molecule has 1 aliphatic rings. The maximum Gasteiger partial charge on any atom is 0 e. The van der Waals surface area contributed by atoms with E-state index < -0.39 is 0 Å². The molecule has 0 saturated heterocycles. The second-order valence-corrected chi connectivity index (χ2v) is 9.39. The van der Waals surface area contributed by atoms with E-state index >= 15 is 0 Å². The molecule has 0 aromatic heterocycles. The standard InChI is InChI=1S/C10H14.C8H14.C6H10.C4H6.C2H.2CH3.ClH.Ru.2H2/c1-8(2)10-6-4-9(3)5-7-10;1-3-5-7-8-6-4-2;1-2-4-6-5-3-1;1-4(2)3;1-2;;;;;;/h4-8H,1-3H3;3-4H,1-2,5-8H2;1-2H,3-6H2;1-2H3;1H;2*1H3;1H;;2*1H/q;;;;3*-1;;+1;;/p-1. The van der Waals surface area contributed by atoms with Crippen molar-refractivity contribution in [3.63, 3.8) is 0 Å². The molecular formula is C32H55ClRu-3. The van der Waals surface area contributed by atoms with Crippen molar-refractivity contribution in [1.29, 1.82) is 0 Å². The topological polar surface area (TPSA) is 0 Å². The second-order valence-electron chi connectivity index (χ2n) is 7.84. The van der Waals surface area contributed by atoms with Crippen LogP contribution in [0.1, 0.15) is 99.0 Å². The molecule has 0 heterocycles. The van der Waals surface area contributed by atoms with Crippen molar-refractivity contribution >= 4 is 14.0 Å². The first-order valence-electron chi connectivity index (χ1n) is 11.4. The summed E-state index contributed by atoms with van der Waals surface area (Å²) in [5.41, 5.74) is 3.96. The third-order valence-corrected chi connectivity index (χ3v) is 5.61. The molecule has 0 atom stereocenters. The summed E-state index contributed by atoms with van der Waals surface area (Å²) in [6.45, 7) is 17.8. The van der Waals surface area contributed by atoms with Crippen LogP contribution in [0.15, 0.2) is 67.3 Å². The molecule has 0 saturated carbocycles. The number of terminal acetylenes is 1. The Labute approximate surface area is 229 Å². The number of allylic oxidation sites excluding steroid dienone is 5. The Hall–Kier alpha value is -1.44. The average molecular weight is 576 g/mol. The van der Waals surface area contributed by atoms with Crippen LogP contribution in [0.5, 0.6) is 0 Å². The molecule has 2 rings (SSSR count). The van der Waals surface area contributed by atoms with Gasteiger partial charge in [-0.25, -0.2) is 0 Å². The molecule has 1 aromatic rings. The Balaban J connectivity index is -0.0000000598. The van der Waals surface area contributed by atoms with E-state index in [1.54, 1.807) is 0 Å². The molecule has 1 aliphatic carbocycles. The normalized spacial score (nSPS) is 10.1. The summed E-state index contributed by atoms with van der Waals surface area (Å²) >= 11 is -0.109. The number of unbranched alkanes of at least 4 members (excludes halogenated alkanes) is 3. The first-order chi connectivity index (χ1) is 15.4. The predicted molar refractivity (Wildman–Crippen MR) is 163 cm³/mol. The average Bonchev–Trinajstić information content (AvgIpc) is 2.81. The van der Waals surface area contributed by atoms with Gasteiger partial charge in [0.2, 0.25) is 0 Å². The fourth-order valence-corrected chi connectivity index (χ4v) is 3.47. The van der Waals surface area contributed by atoms with E-state index in [1.165, 1.54) is 55.2 Å². The summed E-state index contributed by atoms with van der Waals surface area (Å²) in [5.74, 6) is 0.653. The minimum absolute atomic E-state index is 0. The second kappa shape index (κ2) is 36.1. The number of benzene rings is 1. The maximum absolute atomic E-state index is 5.35. The largest absolute Gasteiger partial charge is 0.697 e. The number of rotatable bonds is 6. The Morgan fingerprint density at radius 2 is 1.44 bits per heavy atom. The number of hydrogen-bond donors (Lipinski definition) is 0. The summed E-state index contributed by atoms with van der Waals surface area (Å²) in [5, 5.41) is 0. The zero-order valence-electron chi connectivity index (χ0n) is 23.1. The number of aryl methyl sites for hydroxylation is 1. The molecular weight excluding hydrogens is 521 g/mol.